The first-order chi connectivity index (χ1) is 26.9. The molecule has 56 heavy (non-hydrogen) atoms. The lowest BCUT2D eigenvalue weighted by Crippen LogP contribution is -2.58. The Hall–Kier alpha value is -5.31. The quantitative estimate of drug-likeness (QED) is 0.232. The van der Waals surface area contributed by atoms with Crippen molar-refractivity contribution in [2.75, 3.05) is 40.4 Å². The van der Waals surface area contributed by atoms with Crippen molar-refractivity contribution in [3.63, 3.8) is 0 Å². The van der Waals surface area contributed by atoms with E-state index in [9.17, 15) is 33.6 Å². The van der Waals surface area contributed by atoms with E-state index in [1.165, 1.54) is 9.80 Å². The predicted octanol–water partition coefficient (Wildman–Crippen LogP) is 1.59. The Balaban J connectivity index is 1.28. The average Bonchev–Trinajstić information content (AvgIpc) is 3.63. The summed E-state index contributed by atoms with van der Waals surface area (Å²) in [6.07, 6.45) is 4.60. The molecule has 2 aromatic carbocycles. The van der Waals surface area contributed by atoms with Crippen LogP contribution in [0.2, 0.25) is 0 Å². The van der Waals surface area contributed by atoms with E-state index < -0.39 is 60.3 Å². The summed E-state index contributed by atoms with van der Waals surface area (Å²) in [6.45, 7) is 1.69. The number of carbonyl (C=O) groups excluding carboxylic acids is 7. The smallest absolute Gasteiger partial charge is 0.290 e. The number of fused-ring (bicyclic) bond motifs is 4. The van der Waals surface area contributed by atoms with Crippen molar-refractivity contribution in [1.29, 1.82) is 0 Å². The minimum atomic E-state index is -1.24. The maximum atomic E-state index is 14.5. The molecule has 0 radical (unpaired) electrons. The highest BCUT2D eigenvalue weighted by Gasteiger charge is 2.45. The molecule has 0 aromatic heterocycles. The zero-order chi connectivity index (χ0) is 40.2. The fourth-order valence-electron chi connectivity index (χ4n) is 7.60. The zero-order valence-corrected chi connectivity index (χ0v) is 32.4. The second kappa shape index (κ2) is 20.0. The van der Waals surface area contributed by atoms with E-state index in [-0.39, 0.29) is 62.7 Å². The first-order valence-electron chi connectivity index (χ1n) is 19.6. The van der Waals surface area contributed by atoms with Crippen LogP contribution in [0.3, 0.4) is 0 Å². The lowest BCUT2D eigenvalue weighted by atomic mass is 9.83. The van der Waals surface area contributed by atoms with E-state index in [1.807, 2.05) is 12.1 Å². The van der Waals surface area contributed by atoms with Gasteiger partial charge >= 0.3 is 0 Å². The molecular formula is C41H54N6O9. The molecule has 5 rings (SSSR count). The fraction of sp³-hybridized carbons (Fsp3) is 0.537. The monoisotopic (exact) mass is 774 g/mol. The van der Waals surface area contributed by atoms with Crippen LogP contribution in [-0.2, 0) is 44.7 Å². The number of amides is 6. The Morgan fingerprint density at radius 2 is 1.70 bits per heavy atom. The largest absolute Gasteiger partial charge is 0.491 e. The van der Waals surface area contributed by atoms with Crippen LogP contribution in [0.1, 0.15) is 75.5 Å². The van der Waals surface area contributed by atoms with Crippen LogP contribution in [0, 0.1) is 5.92 Å². The summed E-state index contributed by atoms with van der Waals surface area (Å²) in [7, 11) is 3.12. The number of nitrogens with one attached hydrogen (secondary N) is 4. The highest BCUT2D eigenvalue weighted by atomic mass is 16.5. The van der Waals surface area contributed by atoms with Crippen molar-refractivity contribution in [2.24, 2.45) is 5.92 Å². The number of benzene rings is 2. The van der Waals surface area contributed by atoms with Gasteiger partial charge in [0.25, 0.3) is 5.91 Å². The van der Waals surface area contributed by atoms with Gasteiger partial charge in [0.1, 0.15) is 30.5 Å². The van der Waals surface area contributed by atoms with E-state index in [2.05, 4.69) is 21.3 Å². The Morgan fingerprint density at radius 3 is 2.41 bits per heavy atom. The third kappa shape index (κ3) is 11.1. The van der Waals surface area contributed by atoms with Gasteiger partial charge < -0.3 is 40.5 Å². The molecule has 1 aliphatic carbocycles. The molecule has 15 nitrogen and oxygen atoms in total. The van der Waals surface area contributed by atoms with Gasteiger partial charge in [0.05, 0.1) is 31.7 Å². The molecule has 302 valence electrons. The summed E-state index contributed by atoms with van der Waals surface area (Å²) in [5.74, 6) is -3.97. The lowest BCUT2D eigenvalue weighted by Gasteiger charge is -2.35. The number of hydrogen-bond acceptors (Lipinski definition) is 9. The van der Waals surface area contributed by atoms with Crippen molar-refractivity contribution in [1.82, 2.24) is 31.1 Å². The highest BCUT2D eigenvalue weighted by molar-refractivity contribution is 6.38. The molecule has 0 unspecified atom stereocenters. The summed E-state index contributed by atoms with van der Waals surface area (Å²) >= 11 is 0. The molecule has 2 aliphatic heterocycles. The molecular weight excluding hydrogens is 720 g/mol. The van der Waals surface area contributed by atoms with Crippen molar-refractivity contribution >= 4 is 41.2 Å². The van der Waals surface area contributed by atoms with E-state index >= 15 is 0 Å². The van der Waals surface area contributed by atoms with Gasteiger partial charge in [0, 0.05) is 27.1 Å². The molecule has 5 atom stereocenters. The first-order valence-corrected chi connectivity index (χ1v) is 19.6. The number of nitrogens with zero attached hydrogens (tertiary/aromatic N) is 2. The molecule has 1 saturated carbocycles. The molecule has 2 heterocycles. The summed E-state index contributed by atoms with van der Waals surface area (Å²) in [5.41, 5.74) is 1.28. The number of carbonyl (C=O) groups is 7. The molecule has 1 saturated heterocycles. The van der Waals surface area contributed by atoms with Gasteiger partial charge in [-0.15, -0.1) is 0 Å². The molecule has 2 fully saturated rings. The number of likely N-dealkylation sites (N-methyl/N-ethyl adjacent to an activating group) is 1. The van der Waals surface area contributed by atoms with Crippen LogP contribution in [0.15, 0.2) is 54.6 Å². The summed E-state index contributed by atoms with van der Waals surface area (Å²) in [6, 6.07) is 11.7. The summed E-state index contributed by atoms with van der Waals surface area (Å²) in [5, 5.41) is 10.7. The van der Waals surface area contributed by atoms with Crippen LogP contribution in [0.4, 0.5) is 0 Å². The summed E-state index contributed by atoms with van der Waals surface area (Å²) < 4.78 is 12.0. The third-order valence-electron chi connectivity index (χ3n) is 10.5. The van der Waals surface area contributed by atoms with Gasteiger partial charge in [-0.2, -0.15) is 0 Å². The number of ether oxygens (including phenoxy) is 2. The number of rotatable bonds is 12. The molecule has 6 amide bonds. The van der Waals surface area contributed by atoms with Crippen LogP contribution in [0.5, 0.6) is 5.75 Å². The number of Topliss-reactive ketones (excluding diaryl/α,β-unsaturated/α-hetero) is 1. The van der Waals surface area contributed by atoms with Gasteiger partial charge in [-0.25, -0.2) is 0 Å². The maximum absolute atomic E-state index is 14.5. The minimum Gasteiger partial charge on any atom is -0.491 e. The van der Waals surface area contributed by atoms with E-state index in [4.69, 9.17) is 9.47 Å². The predicted molar refractivity (Wildman–Crippen MR) is 205 cm³/mol. The Morgan fingerprint density at radius 1 is 0.946 bits per heavy atom. The van der Waals surface area contributed by atoms with Gasteiger partial charge in [-0.1, -0.05) is 75.1 Å². The Labute approximate surface area is 327 Å². The number of hydrogen-bond donors (Lipinski definition) is 4. The topological polar surface area (TPSA) is 193 Å². The zero-order valence-electron chi connectivity index (χ0n) is 32.4. The highest BCUT2D eigenvalue weighted by Crippen LogP contribution is 2.30. The van der Waals surface area contributed by atoms with E-state index in [0.29, 0.717) is 17.7 Å². The van der Waals surface area contributed by atoms with Crippen molar-refractivity contribution in [2.45, 2.75) is 95.0 Å². The van der Waals surface area contributed by atoms with Gasteiger partial charge in [0.15, 0.2) is 0 Å². The molecule has 15 heteroatoms. The Kier molecular flexibility index (Phi) is 15.0. The molecule has 4 N–H and O–H groups in total. The SMILES string of the molecule is CCC[C@@H](NC(=O)[C@@H]1C[C@@H]2CN1C(=O)[C@H](C1CCCCC1)NC(=O)Cc1cccc(c1)OCCO2)C(=O)C(=O)NCC(=O)N[C@H](C(=O)N(C)C)c1ccccc1. The average molecular weight is 775 g/mol. The molecule has 0 spiro atoms. The summed E-state index contributed by atoms with van der Waals surface area (Å²) in [4.78, 5) is 97.1. The van der Waals surface area contributed by atoms with Gasteiger partial charge in [-0.3, -0.25) is 33.6 Å². The minimum absolute atomic E-state index is 0.0447. The third-order valence-corrected chi connectivity index (χ3v) is 10.5. The van der Waals surface area contributed by atoms with E-state index in [1.54, 1.807) is 63.5 Å². The van der Waals surface area contributed by atoms with Crippen molar-refractivity contribution in [3.05, 3.63) is 65.7 Å². The Bertz CT molecular complexity index is 1730. The lowest BCUT2D eigenvalue weighted by molar-refractivity contribution is -0.144. The standard InChI is InChI=1S/C41H54N6O9/c1-4-12-31(37(50)39(52)42-24-34(49)45-35(40(53)46(2)3)27-14-7-5-8-15-27)43-38(51)32-23-30-25-47(32)41(54)36(28-16-9-6-10-17-28)44-33(48)22-26-13-11-18-29(21-26)55-19-20-56-30/h5,7-8,11,13-15,18,21,28,30-32,35-36H,4,6,9-10,12,16-17,19-20,22-25H2,1-3H3,(H,42,52)(H,43,51)(H,44,48)(H,45,49)/t30-,31-,32+,35+,36+/m1/s1. The second-order valence-corrected chi connectivity index (χ2v) is 14.9. The van der Waals surface area contributed by atoms with Crippen LogP contribution >= 0.6 is 0 Å². The fourth-order valence-corrected chi connectivity index (χ4v) is 7.60. The second-order valence-electron chi connectivity index (χ2n) is 14.9. The first kappa shape index (κ1) is 41.8. The molecule has 3 aliphatic rings. The van der Waals surface area contributed by atoms with Crippen LogP contribution in [0.25, 0.3) is 0 Å². The van der Waals surface area contributed by atoms with Gasteiger partial charge in [0.2, 0.25) is 35.3 Å². The van der Waals surface area contributed by atoms with Gasteiger partial charge in [-0.05, 0) is 48.4 Å². The number of ketones is 1. The molecule has 2 aromatic rings. The van der Waals surface area contributed by atoms with Crippen LogP contribution in [-0.4, -0.2) is 116 Å². The van der Waals surface area contributed by atoms with Crippen molar-refractivity contribution in [3.8, 4) is 5.75 Å². The van der Waals surface area contributed by atoms with Crippen molar-refractivity contribution < 1.29 is 43.0 Å². The molecule has 4 bridgehead atoms. The van der Waals surface area contributed by atoms with Crippen LogP contribution < -0.4 is 26.0 Å². The normalized spacial score (nSPS) is 21.6. The van der Waals surface area contributed by atoms with E-state index in [0.717, 1.165) is 37.7 Å². The maximum Gasteiger partial charge on any atom is 0.290 e.